The monoisotopic (exact) mass is 368 g/mol. The molecule has 4 rings (SSSR count). The minimum absolute atomic E-state index is 0.205. The van der Waals surface area contributed by atoms with Crippen molar-refractivity contribution in [1.82, 2.24) is 34.9 Å². The number of carbonyl (C=O) groups is 1. The highest BCUT2D eigenvalue weighted by atomic mass is 32.1. The molecular weight excluding hydrogens is 359 g/mol. The molecule has 128 valence electrons. The summed E-state index contributed by atoms with van der Waals surface area (Å²) in [5, 5.41) is 12.4. The van der Waals surface area contributed by atoms with Gasteiger partial charge in [-0.15, -0.1) is 16.4 Å². The zero-order chi connectivity index (χ0) is 17.9. The van der Waals surface area contributed by atoms with Crippen LogP contribution >= 0.6 is 11.3 Å². The van der Waals surface area contributed by atoms with E-state index in [-0.39, 0.29) is 5.69 Å². The highest BCUT2D eigenvalue weighted by molar-refractivity contribution is 7.14. The number of nitrogens with one attached hydrogen (secondary N) is 1. The summed E-state index contributed by atoms with van der Waals surface area (Å²) in [6.45, 7) is 0. The van der Waals surface area contributed by atoms with Crippen LogP contribution in [0.25, 0.3) is 17.1 Å². The molecule has 0 aliphatic carbocycles. The van der Waals surface area contributed by atoms with E-state index in [1.54, 1.807) is 5.38 Å². The van der Waals surface area contributed by atoms with E-state index in [4.69, 9.17) is 0 Å². The third-order valence-electron chi connectivity index (χ3n) is 3.29. The van der Waals surface area contributed by atoms with Crippen molar-refractivity contribution in [3.05, 3.63) is 60.1 Å². The molecule has 0 atom stereocenters. The molecule has 1 amide bonds. The fraction of sp³-hybridized carbons (Fsp3) is 0. The molecule has 4 aromatic heterocycles. The van der Waals surface area contributed by atoms with Crippen molar-refractivity contribution in [2.45, 2.75) is 0 Å². The number of rotatable bonds is 4. The standard InChI is InChI=1S/C15H9FN8OS/c16-9-1-2-11(19-3-9)12-7-26-15(21-12)22-14(25)13-6-20-23-24(13)10-4-17-8-18-5-10/h1-8H,(H,21,22,25). The van der Waals surface area contributed by atoms with Crippen molar-refractivity contribution >= 4 is 22.4 Å². The third-order valence-corrected chi connectivity index (χ3v) is 4.05. The molecule has 0 bridgehead atoms. The number of thiazole rings is 1. The van der Waals surface area contributed by atoms with Gasteiger partial charge in [-0.05, 0) is 12.1 Å². The van der Waals surface area contributed by atoms with Gasteiger partial charge in [-0.1, -0.05) is 5.21 Å². The lowest BCUT2D eigenvalue weighted by Crippen LogP contribution is -2.17. The minimum Gasteiger partial charge on any atom is -0.296 e. The van der Waals surface area contributed by atoms with Crippen LogP contribution in [0.5, 0.6) is 0 Å². The molecule has 0 aliphatic heterocycles. The molecule has 0 unspecified atom stereocenters. The predicted octanol–water partition coefficient (Wildman–Crippen LogP) is 1.97. The maximum absolute atomic E-state index is 13.0. The maximum Gasteiger partial charge on any atom is 0.277 e. The molecule has 4 aromatic rings. The van der Waals surface area contributed by atoms with Crippen LogP contribution in [0.2, 0.25) is 0 Å². The molecule has 0 aliphatic rings. The molecular formula is C15H9FN8OS. The van der Waals surface area contributed by atoms with Gasteiger partial charge in [-0.3, -0.25) is 15.1 Å². The summed E-state index contributed by atoms with van der Waals surface area (Å²) in [5.41, 5.74) is 1.76. The van der Waals surface area contributed by atoms with E-state index in [0.717, 1.165) is 6.20 Å². The van der Waals surface area contributed by atoms with E-state index in [0.29, 0.717) is 22.2 Å². The Hall–Kier alpha value is -3.60. The lowest BCUT2D eigenvalue weighted by atomic mass is 10.3. The lowest BCUT2D eigenvalue weighted by molar-refractivity contribution is 0.101. The van der Waals surface area contributed by atoms with Gasteiger partial charge in [0.2, 0.25) is 0 Å². The van der Waals surface area contributed by atoms with Crippen LogP contribution in [0, 0.1) is 5.82 Å². The summed E-state index contributed by atoms with van der Waals surface area (Å²) in [5.74, 6) is -0.866. The Bertz CT molecular complexity index is 1050. The quantitative estimate of drug-likeness (QED) is 0.586. The summed E-state index contributed by atoms with van der Waals surface area (Å²) < 4.78 is 14.3. The Morgan fingerprint density at radius 1 is 1.12 bits per heavy atom. The van der Waals surface area contributed by atoms with E-state index in [2.05, 4.69) is 35.6 Å². The molecule has 0 aromatic carbocycles. The number of aromatic nitrogens is 7. The highest BCUT2D eigenvalue weighted by Crippen LogP contribution is 2.24. The molecule has 9 nitrogen and oxygen atoms in total. The molecule has 0 spiro atoms. The molecule has 26 heavy (non-hydrogen) atoms. The number of carbonyl (C=O) groups excluding carboxylic acids is 1. The average molecular weight is 368 g/mol. The first-order chi connectivity index (χ1) is 12.7. The summed E-state index contributed by atoms with van der Waals surface area (Å²) in [7, 11) is 0. The van der Waals surface area contributed by atoms with Crippen LogP contribution in [0.4, 0.5) is 9.52 Å². The normalized spacial score (nSPS) is 10.7. The van der Waals surface area contributed by atoms with Crippen LogP contribution < -0.4 is 5.32 Å². The maximum atomic E-state index is 13.0. The molecule has 4 heterocycles. The second-order valence-electron chi connectivity index (χ2n) is 4.98. The predicted molar refractivity (Wildman–Crippen MR) is 90.2 cm³/mol. The van der Waals surface area contributed by atoms with Crippen molar-refractivity contribution < 1.29 is 9.18 Å². The van der Waals surface area contributed by atoms with E-state index >= 15 is 0 Å². The topological polar surface area (TPSA) is 111 Å². The van der Waals surface area contributed by atoms with Crippen molar-refractivity contribution in [2.75, 3.05) is 5.32 Å². The van der Waals surface area contributed by atoms with Gasteiger partial charge in [-0.2, -0.15) is 0 Å². The summed E-state index contributed by atoms with van der Waals surface area (Å²) in [6, 6.07) is 2.82. The zero-order valence-electron chi connectivity index (χ0n) is 12.9. The molecule has 11 heteroatoms. The number of amides is 1. The molecule has 0 saturated heterocycles. The van der Waals surface area contributed by atoms with Gasteiger partial charge >= 0.3 is 0 Å². The average Bonchev–Trinajstić information content (AvgIpc) is 3.32. The number of hydrogen-bond donors (Lipinski definition) is 1. The Morgan fingerprint density at radius 2 is 1.96 bits per heavy atom. The molecule has 1 N–H and O–H groups in total. The van der Waals surface area contributed by atoms with Crippen molar-refractivity contribution in [3.63, 3.8) is 0 Å². The number of pyridine rings is 1. The summed E-state index contributed by atoms with van der Waals surface area (Å²) in [6.07, 6.45) is 6.85. The summed E-state index contributed by atoms with van der Waals surface area (Å²) >= 11 is 1.22. The second kappa shape index (κ2) is 6.72. The van der Waals surface area contributed by atoms with E-state index in [1.165, 1.54) is 53.1 Å². The largest absolute Gasteiger partial charge is 0.296 e. The summed E-state index contributed by atoms with van der Waals surface area (Å²) in [4.78, 5) is 28.5. The lowest BCUT2D eigenvalue weighted by Gasteiger charge is -2.04. The first-order valence-electron chi connectivity index (χ1n) is 7.25. The molecule has 0 radical (unpaired) electrons. The van der Waals surface area contributed by atoms with E-state index < -0.39 is 11.7 Å². The fourth-order valence-corrected chi connectivity index (χ4v) is 2.82. The number of nitrogens with zero attached hydrogens (tertiary/aromatic N) is 7. The fourth-order valence-electron chi connectivity index (χ4n) is 2.12. The van der Waals surface area contributed by atoms with Gasteiger partial charge < -0.3 is 0 Å². The Morgan fingerprint density at radius 3 is 2.73 bits per heavy atom. The van der Waals surface area contributed by atoms with E-state index in [1.807, 2.05) is 0 Å². The smallest absolute Gasteiger partial charge is 0.277 e. The number of anilines is 1. The highest BCUT2D eigenvalue weighted by Gasteiger charge is 2.17. The van der Waals surface area contributed by atoms with Crippen molar-refractivity contribution in [3.8, 4) is 17.1 Å². The Labute approximate surface area is 149 Å². The van der Waals surface area contributed by atoms with E-state index in [9.17, 15) is 9.18 Å². The van der Waals surface area contributed by atoms with Gasteiger partial charge in [0.15, 0.2) is 10.8 Å². The van der Waals surface area contributed by atoms with Gasteiger partial charge in [-0.25, -0.2) is 24.0 Å². The van der Waals surface area contributed by atoms with Gasteiger partial charge in [0.25, 0.3) is 5.91 Å². The van der Waals surface area contributed by atoms with Crippen LogP contribution in [0.1, 0.15) is 10.5 Å². The van der Waals surface area contributed by atoms with Gasteiger partial charge in [0.05, 0.1) is 30.5 Å². The molecule has 0 fully saturated rings. The first kappa shape index (κ1) is 15.9. The van der Waals surface area contributed by atoms with Crippen molar-refractivity contribution in [2.24, 2.45) is 0 Å². The van der Waals surface area contributed by atoms with Crippen LogP contribution in [0.15, 0.2) is 48.6 Å². The van der Waals surface area contributed by atoms with Crippen LogP contribution in [-0.2, 0) is 0 Å². The SMILES string of the molecule is O=C(Nc1nc(-c2ccc(F)cn2)cs1)c1cnnn1-c1cncnc1. The van der Waals surface area contributed by atoms with Crippen molar-refractivity contribution in [1.29, 1.82) is 0 Å². The Balaban J connectivity index is 1.55. The number of hydrogen-bond acceptors (Lipinski definition) is 8. The zero-order valence-corrected chi connectivity index (χ0v) is 13.8. The second-order valence-corrected chi connectivity index (χ2v) is 5.84. The first-order valence-corrected chi connectivity index (χ1v) is 8.13. The minimum atomic E-state index is -0.438. The van der Waals surface area contributed by atoms with Crippen LogP contribution in [-0.4, -0.2) is 40.8 Å². The Kier molecular flexibility index (Phi) is 4.11. The van der Waals surface area contributed by atoms with Gasteiger partial charge in [0, 0.05) is 5.38 Å². The van der Waals surface area contributed by atoms with Gasteiger partial charge in [0.1, 0.15) is 23.5 Å². The third kappa shape index (κ3) is 3.15. The van der Waals surface area contributed by atoms with Crippen LogP contribution in [0.3, 0.4) is 0 Å². The number of halogens is 1. The molecule has 0 saturated carbocycles.